The molecule has 120 valence electrons. The van der Waals surface area contributed by atoms with E-state index in [1.54, 1.807) is 13.2 Å². The minimum Gasteiger partial charge on any atom is -0.504 e. The second-order valence-corrected chi connectivity index (χ2v) is 5.06. The number of aromatic hydroxyl groups is 2. The van der Waals surface area contributed by atoms with Gasteiger partial charge >= 0.3 is 0 Å². The molecule has 2 rings (SSSR count). The Morgan fingerprint density at radius 2 is 1.91 bits per heavy atom. The van der Waals surface area contributed by atoms with Crippen molar-refractivity contribution < 1.29 is 14.9 Å². The van der Waals surface area contributed by atoms with Crippen LogP contribution in [-0.2, 0) is 6.54 Å². The van der Waals surface area contributed by atoms with Crippen LogP contribution in [0.25, 0.3) is 0 Å². The zero-order valence-electron chi connectivity index (χ0n) is 12.5. The minimum atomic E-state index is -0.200. The Bertz CT molecular complexity index is 702. The number of nitrogens with zero attached hydrogens (tertiary/aromatic N) is 1. The first-order valence-corrected chi connectivity index (χ1v) is 7.21. The van der Waals surface area contributed by atoms with Crippen LogP contribution in [0.2, 0.25) is 0 Å². The molecule has 23 heavy (non-hydrogen) atoms. The number of nitrogens with one attached hydrogen (secondary N) is 2. The Balaban J connectivity index is 1.79. The highest BCUT2D eigenvalue weighted by atomic mass is 32.1. The Morgan fingerprint density at radius 3 is 2.57 bits per heavy atom. The normalized spacial score (nSPS) is 10.5. The first kappa shape index (κ1) is 16.6. The molecule has 6 nitrogen and oxygen atoms in total. The van der Waals surface area contributed by atoms with Crippen LogP contribution >= 0.6 is 12.2 Å². The van der Waals surface area contributed by atoms with Gasteiger partial charge in [-0.1, -0.05) is 12.1 Å². The largest absolute Gasteiger partial charge is 0.504 e. The van der Waals surface area contributed by atoms with Gasteiger partial charge in [0.25, 0.3) is 0 Å². The zero-order chi connectivity index (χ0) is 16.7. The number of ether oxygens (including phenoxy) is 1. The van der Waals surface area contributed by atoms with Crippen molar-refractivity contribution in [2.45, 2.75) is 6.54 Å². The van der Waals surface area contributed by atoms with Crippen LogP contribution in [0.1, 0.15) is 11.1 Å². The van der Waals surface area contributed by atoms with Crippen molar-refractivity contribution in [2.24, 2.45) is 5.10 Å². The molecule has 0 amide bonds. The van der Waals surface area contributed by atoms with Crippen molar-refractivity contribution in [2.75, 3.05) is 7.11 Å². The van der Waals surface area contributed by atoms with Crippen LogP contribution in [0, 0.1) is 0 Å². The van der Waals surface area contributed by atoms with E-state index < -0.39 is 0 Å². The van der Waals surface area contributed by atoms with Gasteiger partial charge in [0, 0.05) is 6.54 Å². The van der Waals surface area contributed by atoms with Crippen molar-refractivity contribution in [1.29, 1.82) is 0 Å². The third-order valence-electron chi connectivity index (χ3n) is 2.99. The molecular weight excluding hydrogens is 314 g/mol. The van der Waals surface area contributed by atoms with Crippen LogP contribution in [0.4, 0.5) is 0 Å². The molecule has 7 heteroatoms. The summed E-state index contributed by atoms with van der Waals surface area (Å²) in [6, 6.07) is 12.0. The summed E-state index contributed by atoms with van der Waals surface area (Å²) in [5.74, 6) is 0.428. The van der Waals surface area contributed by atoms with Crippen molar-refractivity contribution in [3.63, 3.8) is 0 Å². The van der Waals surface area contributed by atoms with Gasteiger partial charge in [-0.3, -0.25) is 5.43 Å². The second kappa shape index (κ2) is 8.00. The highest BCUT2D eigenvalue weighted by Crippen LogP contribution is 2.23. The molecule has 0 heterocycles. The number of phenolic OH excluding ortho intramolecular Hbond substituents is 2. The van der Waals surface area contributed by atoms with Gasteiger partial charge in [-0.15, -0.1) is 0 Å². The topological polar surface area (TPSA) is 86.1 Å². The third kappa shape index (κ3) is 5.15. The molecule has 0 aliphatic carbocycles. The Hall–Kier alpha value is -2.80. The fourth-order valence-electron chi connectivity index (χ4n) is 1.75. The number of hydrazone groups is 1. The average molecular weight is 331 g/mol. The number of methoxy groups -OCH3 is 1. The molecule has 0 aromatic heterocycles. The monoisotopic (exact) mass is 331 g/mol. The summed E-state index contributed by atoms with van der Waals surface area (Å²) >= 11 is 5.11. The van der Waals surface area contributed by atoms with Crippen molar-refractivity contribution in [1.82, 2.24) is 10.7 Å². The van der Waals surface area contributed by atoms with Gasteiger partial charge in [0.05, 0.1) is 13.3 Å². The summed E-state index contributed by atoms with van der Waals surface area (Å²) < 4.78 is 5.09. The summed E-state index contributed by atoms with van der Waals surface area (Å²) in [6.07, 6.45) is 1.49. The van der Waals surface area contributed by atoms with E-state index in [0.29, 0.717) is 17.2 Å². The van der Waals surface area contributed by atoms with E-state index in [0.717, 1.165) is 11.3 Å². The number of hydrogen-bond donors (Lipinski definition) is 4. The van der Waals surface area contributed by atoms with Gasteiger partial charge in [-0.25, -0.2) is 0 Å². The van der Waals surface area contributed by atoms with Gasteiger partial charge in [0.1, 0.15) is 5.75 Å². The lowest BCUT2D eigenvalue weighted by molar-refractivity contribution is 0.403. The molecule has 0 aliphatic heterocycles. The quantitative estimate of drug-likeness (QED) is 0.291. The molecule has 0 atom stereocenters. The SMILES string of the molecule is COc1ccc(CNC(=S)N/N=C/c2ccc(O)c(O)c2)cc1. The molecule has 0 spiro atoms. The Morgan fingerprint density at radius 1 is 1.17 bits per heavy atom. The molecule has 0 radical (unpaired) electrons. The smallest absolute Gasteiger partial charge is 0.187 e. The first-order valence-electron chi connectivity index (χ1n) is 6.80. The summed E-state index contributed by atoms with van der Waals surface area (Å²) in [7, 11) is 1.62. The molecule has 0 saturated heterocycles. The third-order valence-corrected chi connectivity index (χ3v) is 3.23. The molecule has 2 aromatic carbocycles. The van der Waals surface area contributed by atoms with Crippen LogP contribution < -0.4 is 15.5 Å². The van der Waals surface area contributed by atoms with Crippen LogP contribution in [0.15, 0.2) is 47.6 Å². The van der Waals surface area contributed by atoms with E-state index in [1.807, 2.05) is 24.3 Å². The van der Waals surface area contributed by atoms with E-state index in [-0.39, 0.29) is 11.5 Å². The van der Waals surface area contributed by atoms with Crippen LogP contribution in [-0.4, -0.2) is 28.6 Å². The molecule has 0 fully saturated rings. The Labute approximate surface area is 139 Å². The summed E-state index contributed by atoms with van der Waals surface area (Å²) in [5.41, 5.74) is 4.37. The molecule has 0 aliphatic rings. The minimum absolute atomic E-state index is 0.174. The highest BCUT2D eigenvalue weighted by molar-refractivity contribution is 7.80. The highest BCUT2D eigenvalue weighted by Gasteiger charge is 1.99. The van der Waals surface area contributed by atoms with Crippen molar-refractivity contribution >= 4 is 23.5 Å². The van der Waals surface area contributed by atoms with Gasteiger partial charge in [0.15, 0.2) is 16.6 Å². The summed E-state index contributed by atoms with van der Waals surface area (Å²) in [6.45, 7) is 0.561. The molecule has 0 unspecified atom stereocenters. The number of thiocarbonyl (C=S) groups is 1. The lowest BCUT2D eigenvalue weighted by Gasteiger charge is -2.07. The Kier molecular flexibility index (Phi) is 5.76. The predicted octanol–water partition coefficient (Wildman–Crippen LogP) is 2.10. The lowest BCUT2D eigenvalue weighted by atomic mass is 10.2. The standard InChI is InChI=1S/C16H17N3O3S/c1-22-13-5-2-11(3-6-13)9-17-16(23)19-18-10-12-4-7-14(20)15(21)8-12/h2-8,10,20-21H,9H2,1H3,(H2,17,19,23)/b18-10+. The van der Waals surface area contributed by atoms with E-state index >= 15 is 0 Å². The van der Waals surface area contributed by atoms with Crippen LogP contribution in [0.3, 0.4) is 0 Å². The maximum atomic E-state index is 9.38. The number of benzene rings is 2. The number of rotatable bonds is 5. The van der Waals surface area contributed by atoms with Gasteiger partial charge in [0.2, 0.25) is 0 Å². The van der Waals surface area contributed by atoms with Crippen LogP contribution in [0.5, 0.6) is 17.2 Å². The zero-order valence-corrected chi connectivity index (χ0v) is 13.3. The molecule has 2 aromatic rings. The van der Waals surface area contributed by atoms with E-state index in [2.05, 4.69) is 15.8 Å². The molecular formula is C16H17N3O3S. The summed E-state index contributed by atoms with van der Waals surface area (Å²) in [5, 5.41) is 26.0. The van der Waals surface area contributed by atoms with Crippen molar-refractivity contribution in [3.05, 3.63) is 53.6 Å². The van der Waals surface area contributed by atoms with Crippen molar-refractivity contribution in [3.8, 4) is 17.2 Å². The number of hydrogen-bond acceptors (Lipinski definition) is 5. The average Bonchev–Trinajstić information content (AvgIpc) is 2.56. The molecule has 4 N–H and O–H groups in total. The fourth-order valence-corrected chi connectivity index (χ4v) is 1.88. The maximum absolute atomic E-state index is 9.38. The van der Waals surface area contributed by atoms with E-state index in [1.165, 1.54) is 18.3 Å². The predicted molar refractivity (Wildman–Crippen MR) is 92.9 cm³/mol. The summed E-state index contributed by atoms with van der Waals surface area (Å²) in [4.78, 5) is 0. The maximum Gasteiger partial charge on any atom is 0.187 e. The van der Waals surface area contributed by atoms with Gasteiger partial charge in [-0.05, 0) is 53.7 Å². The lowest BCUT2D eigenvalue weighted by Crippen LogP contribution is -2.31. The second-order valence-electron chi connectivity index (χ2n) is 4.65. The van der Waals surface area contributed by atoms with E-state index in [9.17, 15) is 10.2 Å². The van der Waals surface area contributed by atoms with E-state index in [4.69, 9.17) is 17.0 Å². The first-order chi connectivity index (χ1) is 11.1. The van der Waals surface area contributed by atoms with Gasteiger partial charge < -0.3 is 20.3 Å². The van der Waals surface area contributed by atoms with Gasteiger partial charge in [-0.2, -0.15) is 5.10 Å². The number of phenols is 2. The fraction of sp³-hybridized carbons (Fsp3) is 0.125. The molecule has 0 bridgehead atoms. The molecule has 0 saturated carbocycles.